The fraction of sp³-hybridized carbons (Fsp3) is 0.667. The van der Waals surface area contributed by atoms with E-state index >= 15 is 0 Å². The van der Waals surface area contributed by atoms with E-state index in [0.29, 0.717) is 25.3 Å². The van der Waals surface area contributed by atoms with Gasteiger partial charge in [-0.3, -0.25) is 5.10 Å². The van der Waals surface area contributed by atoms with Crippen molar-refractivity contribution in [2.45, 2.75) is 23.9 Å². The lowest BCUT2D eigenvalue weighted by atomic mass is 10.3. The molecule has 0 aromatic carbocycles. The molecule has 1 unspecified atom stereocenters. The van der Waals surface area contributed by atoms with Gasteiger partial charge in [0.05, 0.1) is 25.3 Å². The molecule has 2 heterocycles. The molecule has 1 fully saturated rings. The minimum absolute atomic E-state index is 0.0845. The van der Waals surface area contributed by atoms with Gasteiger partial charge in [0.2, 0.25) is 0 Å². The number of nitrogens with zero attached hydrogens (tertiary/aromatic N) is 2. The highest BCUT2D eigenvalue weighted by Gasteiger charge is 2.33. The van der Waals surface area contributed by atoms with E-state index in [9.17, 15) is 8.42 Å². The molecule has 1 aliphatic heterocycles. The zero-order valence-corrected chi connectivity index (χ0v) is 11.0. The summed E-state index contributed by atoms with van der Waals surface area (Å²) in [7, 11) is -3.56. The van der Waals surface area contributed by atoms with E-state index in [4.69, 9.17) is 16.3 Å². The average Bonchev–Trinajstić information content (AvgIpc) is 2.78. The summed E-state index contributed by atoms with van der Waals surface area (Å²) in [6.45, 7) is 2.98. The molecule has 1 saturated heterocycles. The fourth-order valence-corrected chi connectivity index (χ4v) is 3.79. The molecule has 8 heteroatoms. The van der Waals surface area contributed by atoms with Gasteiger partial charge in [-0.15, -0.1) is 11.6 Å². The first-order valence-corrected chi connectivity index (χ1v) is 7.22. The summed E-state index contributed by atoms with van der Waals surface area (Å²) in [4.78, 5) is 0. The maximum Gasteiger partial charge on any atom is 0.260 e. The lowest BCUT2D eigenvalue weighted by Crippen LogP contribution is -2.47. The number of hydrogen-bond acceptors (Lipinski definition) is 4. The van der Waals surface area contributed by atoms with Gasteiger partial charge in [0.25, 0.3) is 10.0 Å². The third kappa shape index (κ3) is 2.33. The minimum atomic E-state index is -3.56. The second kappa shape index (κ2) is 4.93. The van der Waals surface area contributed by atoms with Crippen LogP contribution >= 0.6 is 11.6 Å². The van der Waals surface area contributed by atoms with Crippen molar-refractivity contribution in [3.63, 3.8) is 0 Å². The highest BCUT2D eigenvalue weighted by atomic mass is 35.5. The van der Waals surface area contributed by atoms with Crippen LogP contribution in [0.5, 0.6) is 0 Å². The smallest absolute Gasteiger partial charge is 0.260 e. The fourth-order valence-electron chi connectivity index (χ4n) is 1.80. The summed E-state index contributed by atoms with van der Waals surface area (Å²) in [5, 5.41) is 6.33. The number of halogens is 1. The number of aromatic nitrogens is 2. The normalized spacial score (nSPS) is 22.8. The Morgan fingerprint density at radius 2 is 2.47 bits per heavy atom. The molecular formula is C9H14ClN3O3S. The van der Waals surface area contributed by atoms with E-state index in [2.05, 4.69) is 10.2 Å². The monoisotopic (exact) mass is 279 g/mol. The van der Waals surface area contributed by atoms with Crippen molar-refractivity contribution in [2.24, 2.45) is 0 Å². The van der Waals surface area contributed by atoms with Crippen LogP contribution < -0.4 is 0 Å². The molecule has 0 aliphatic carbocycles. The highest BCUT2D eigenvalue weighted by molar-refractivity contribution is 7.89. The topological polar surface area (TPSA) is 75.3 Å². The van der Waals surface area contributed by atoms with Crippen LogP contribution in [0.15, 0.2) is 11.2 Å². The van der Waals surface area contributed by atoms with Crippen molar-refractivity contribution in [3.8, 4) is 0 Å². The Bertz CT molecular complexity index is 487. The van der Waals surface area contributed by atoms with Crippen LogP contribution in [0.4, 0.5) is 0 Å². The Kier molecular flexibility index (Phi) is 3.72. The van der Waals surface area contributed by atoms with Gasteiger partial charge in [-0.05, 0) is 6.92 Å². The van der Waals surface area contributed by atoms with Gasteiger partial charge in [-0.25, -0.2) is 8.42 Å². The van der Waals surface area contributed by atoms with Gasteiger partial charge in [-0.2, -0.15) is 9.40 Å². The van der Waals surface area contributed by atoms with Crippen molar-refractivity contribution in [3.05, 3.63) is 11.8 Å². The maximum atomic E-state index is 12.4. The third-order valence-corrected chi connectivity index (χ3v) is 5.01. The van der Waals surface area contributed by atoms with Crippen LogP contribution in [-0.2, 0) is 20.6 Å². The SMILES string of the molecule is CC1COCCN1S(=O)(=O)c1[nH]ncc1CCl. The van der Waals surface area contributed by atoms with E-state index < -0.39 is 10.0 Å². The molecule has 6 nitrogen and oxygen atoms in total. The summed E-state index contributed by atoms with van der Waals surface area (Å²) in [5.41, 5.74) is 0.491. The van der Waals surface area contributed by atoms with Crippen molar-refractivity contribution in [2.75, 3.05) is 19.8 Å². The quantitative estimate of drug-likeness (QED) is 0.820. The number of aromatic amines is 1. The highest BCUT2D eigenvalue weighted by Crippen LogP contribution is 2.22. The van der Waals surface area contributed by atoms with E-state index in [0.717, 1.165) is 0 Å². The zero-order valence-electron chi connectivity index (χ0n) is 9.39. The lowest BCUT2D eigenvalue weighted by Gasteiger charge is -2.31. The van der Waals surface area contributed by atoms with Crippen molar-refractivity contribution >= 4 is 21.6 Å². The van der Waals surface area contributed by atoms with Crippen molar-refractivity contribution in [1.82, 2.24) is 14.5 Å². The van der Waals surface area contributed by atoms with Crippen LogP contribution in [0.3, 0.4) is 0 Å². The molecule has 0 saturated carbocycles. The van der Waals surface area contributed by atoms with Gasteiger partial charge in [0.1, 0.15) is 0 Å². The number of alkyl halides is 1. The predicted molar refractivity (Wildman–Crippen MR) is 62.3 cm³/mol. The average molecular weight is 280 g/mol. The van der Waals surface area contributed by atoms with Crippen molar-refractivity contribution < 1.29 is 13.2 Å². The Hall–Kier alpha value is -0.630. The van der Waals surface area contributed by atoms with E-state index in [1.165, 1.54) is 10.5 Å². The zero-order chi connectivity index (χ0) is 12.5. The summed E-state index contributed by atoms with van der Waals surface area (Å²) in [6, 6.07) is -0.180. The number of hydrogen-bond donors (Lipinski definition) is 1. The standard InChI is InChI=1S/C9H14ClN3O3S/c1-7-6-16-3-2-13(7)17(14,15)9-8(4-10)5-11-12-9/h5,7H,2-4,6H2,1H3,(H,11,12). The van der Waals surface area contributed by atoms with E-state index in [1.807, 2.05) is 6.92 Å². The molecule has 0 amide bonds. The number of H-pyrrole nitrogens is 1. The molecule has 1 aromatic rings. The molecule has 0 spiro atoms. The third-order valence-electron chi connectivity index (χ3n) is 2.70. The van der Waals surface area contributed by atoms with Crippen LogP contribution in [0.2, 0.25) is 0 Å². The Morgan fingerprint density at radius 1 is 1.71 bits per heavy atom. The van der Waals surface area contributed by atoms with Crippen molar-refractivity contribution in [1.29, 1.82) is 0 Å². The molecule has 1 N–H and O–H groups in total. The molecule has 17 heavy (non-hydrogen) atoms. The van der Waals surface area contributed by atoms with Crippen LogP contribution in [0.1, 0.15) is 12.5 Å². The summed E-state index contributed by atoms with van der Waals surface area (Å²) >= 11 is 5.69. The van der Waals surface area contributed by atoms with Crippen LogP contribution in [0.25, 0.3) is 0 Å². The largest absolute Gasteiger partial charge is 0.378 e. The van der Waals surface area contributed by atoms with Crippen LogP contribution in [0, 0.1) is 0 Å². The molecule has 0 radical (unpaired) electrons. The van der Waals surface area contributed by atoms with E-state index in [1.54, 1.807) is 0 Å². The van der Waals surface area contributed by atoms with E-state index in [-0.39, 0.29) is 16.9 Å². The first-order chi connectivity index (χ1) is 8.07. The maximum absolute atomic E-state index is 12.4. The number of morpholine rings is 1. The second-order valence-electron chi connectivity index (χ2n) is 3.90. The van der Waals surface area contributed by atoms with Gasteiger partial charge in [0, 0.05) is 18.2 Å². The molecule has 1 aliphatic rings. The van der Waals surface area contributed by atoms with Gasteiger partial charge >= 0.3 is 0 Å². The Labute approximate surface area is 105 Å². The minimum Gasteiger partial charge on any atom is -0.378 e. The Morgan fingerprint density at radius 3 is 3.12 bits per heavy atom. The van der Waals surface area contributed by atoms with Crippen LogP contribution in [-0.4, -0.2) is 48.7 Å². The van der Waals surface area contributed by atoms with Gasteiger partial charge < -0.3 is 4.74 Å². The molecule has 1 atom stereocenters. The lowest BCUT2D eigenvalue weighted by molar-refractivity contribution is 0.0391. The summed E-state index contributed by atoms with van der Waals surface area (Å²) in [5.74, 6) is 0.115. The number of sulfonamides is 1. The molecule has 0 bridgehead atoms. The number of nitrogens with one attached hydrogen (secondary N) is 1. The number of rotatable bonds is 3. The molecule has 2 rings (SSSR count). The predicted octanol–water partition coefficient (Wildman–Crippen LogP) is 0.558. The van der Waals surface area contributed by atoms with Gasteiger partial charge in [-0.1, -0.05) is 0 Å². The number of ether oxygens (including phenoxy) is 1. The Balaban J connectivity index is 2.35. The second-order valence-corrected chi connectivity index (χ2v) is 5.99. The molecule has 96 valence electrons. The summed E-state index contributed by atoms with van der Waals surface area (Å²) < 4.78 is 31.4. The molecule has 1 aromatic heterocycles. The first-order valence-electron chi connectivity index (χ1n) is 5.25. The van der Waals surface area contributed by atoms with Gasteiger partial charge in [0.15, 0.2) is 5.03 Å². The summed E-state index contributed by atoms with van der Waals surface area (Å²) in [6.07, 6.45) is 1.44. The molecular weight excluding hydrogens is 266 g/mol. The first kappa shape index (κ1) is 12.8.